The minimum absolute atomic E-state index is 0.420. The molecule has 0 bridgehead atoms. The zero-order chi connectivity index (χ0) is 20.6. The Bertz CT molecular complexity index is 715. The fourth-order valence-electron chi connectivity index (χ4n) is 4.49. The van der Waals surface area contributed by atoms with Crippen molar-refractivity contribution < 1.29 is 4.74 Å². The molecule has 0 spiro atoms. The fraction of sp³-hybridized carbons (Fsp3) is 0.520. The Morgan fingerprint density at radius 2 is 1.66 bits per heavy atom. The highest BCUT2D eigenvalue weighted by Gasteiger charge is 2.32. The van der Waals surface area contributed by atoms with E-state index in [4.69, 9.17) is 4.74 Å². The van der Waals surface area contributed by atoms with Crippen LogP contribution in [-0.2, 0) is 6.54 Å². The number of hydrogen-bond donors (Lipinski definition) is 0. The number of hydrogen-bond acceptors (Lipinski definition) is 4. The van der Waals surface area contributed by atoms with Gasteiger partial charge in [0, 0.05) is 32.2 Å². The van der Waals surface area contributed by atoms with Gasteiger partial charge in [0.15, 0.2) is 0 Å². The number of rotatable bonds is 9. The summed E-state index contributed by atoms with van der Waals surface area (Å²) in [5.74, 6) is 0.955. The highest BCUT2D eigenvalue weighted by Crippen LogP contribution is 2.29. The standard InChI is InChI=1S/C25H37N3O/c1-5-27(6-2)21(4)28-18-17-26(20-25(28)23-11-9-8-10-12-23)19-22-13-15-24(16-14-22)29-7-3/h8-16,21,25H,5-7,17-20H2,1-4H3. The lowest BCUT2D eigenvalue weighted by Gasteiger charge is -2.47. The van der Waals surface area contributed by atoms with E-state index in [9.17, 15) is 0 Å². The van der Waals surface area contributed by atoms with Crippen LogP contribution in [0.15, 0.2) is 54.6 Å². The summed E-state index contributed by atoms with van der Waals surface area (Å²) in [7, 11) is 0. The molecular formula is C25H37N3O. The van der Waals surface area contributed by atoms with Crippen LogP contribution in [-0.4, -0.2) is 60.2 Å². The molecule has 3 rings (SSSR count). The van der Waals surface area contributed by atoms with E-state index >= 15 is 0 Å². The van der Waals surface area contributed by atoms with Gasteiger partial charge in [-0.25, -0.2) is 0 Å². The van der Waals surface area contributed by atoms with Crippen molar-refractivity contribution in [3.05, 3.63) is 65.7 Å². The van der Waals surface area contributed by atoms with Gasteiger partial charge in [-0.3, -0.25) is 14.7 Å². The van der Waals surface area contributed by atoms with Gasteiger partial charge in [-0.2, -0.15) is 0 Å². The first-order valence-corrected chi connectivity index (χ1v) is 11.1. The van der Waals surface area contributed by atoms with Crippen LogP contribution in [0.4, 0.5) is 0 Å². The van der Waals surface area contributed by atoms with Gasteiger partial charge in [-0.15, -0.1) is 0 Å². The average Bonchev–Trinajstić information content (AvgIpc) is 2.76. The second-order valence-corrected chi connectivity index (χ2v) is 7.83. The van der Waals surface area contributed by atoms with E-state index in [1.807, 2.05) is 6.92 Å². The summed E-state index contributed by atoms with van der Waals surface area (Å²) in [6.07, 6.45) is 0.447. The minimum atomic E-state index is 0.420. The Hall–Kier alpha value is -1.88. The summed E-state index contributed by atoms with van der Waals surface area (Å²) in [6, 6.07) is 20.0. The molecule has 0 aliphatic carbocycles. The van der Waals surface area contributed by atoms with Gasteiger partial charge in [-0.1, -0.05) is 56.3 Å². The van der Waals surface area contributed by atoms with Crippen LogP contribution in [0.3, 0.4) is 0 Å². The summed E-state index contributed by atoms with van der Waals surface area (Å²) >= 11 is 0. The van der Waals surface area contributed by atoms with Crippen LogP contribution in [0.2, 0.25) is 0 Å². The molecule has 1 saturated heterocycles. The maximum absolute atomic E-state index is 5.58. The van der Waals surface area contributed by atoms with Gasteiger partial charge < -0.3 is 4.74 Å². The van der Waals surface area contributed by atoms with Crippen molar-refractivity contribution in [1.82, 2.24) is 14.7 Å². The normalized spacial score (nSPS) is 19.4. The number of benzene rings is 2. The van der Waals surface area contributed by atoms with Crippen molar-refractivity contribution >= 4 is 0 Å². The molecule has 1 fully saturated rings. The maximum atomic E-state index is 5.58. The molecule has 158 valence electrons. The molecule has 0 radical (unpaired) electrons. The van der Waals surface area contributed by atoms with Crippen molar-refractivity contribution in [2.75, 3.05) is 39.3 Å². The molecule has 0 aromatic heterocycles. The first kappa shape index (κ1) is 21.8. The van der Waals surface area contributed by atoms with E-state index in [1.165, 1.54) is 11.1 Å². The van der Waals surface area contributed by atoms with Crippen LogP contribution in [0.5, 0.6) is 5.75 Å². The van der Waals surface area contributed by atoms with E-state index in [1.54, 1.807) is 0 Å². The molecule has 1 heterocycles. The Balaban J connectivity index is 1.74. The first-order chi connectivity index (χ1) is 14.2. The van der Waals surface area contributed by atoms with Gasteiger partial charge in [-0.05, 0) is 50.2 Å². The summed E-state index contributed by atoms with van der Waals surface area (Å²) in [5, 5.41) is 0. The van der Waals surface area contributed by atoms with Crippen LogP contribution < -0.4 is 4.74 Å². The maximum Gasteiger partial charge on any atom is 0.119 e. The summed E-state index contributed by atoms with van der Waals surface area (Å²) in [6.45, 7) is 16.0. The van der Waals surface area contributed by atoms with Crippen LogP contribution in [0, 0.1) is 0 Å². The third-order valence-electron chi connectivity index (χ3n) is 6.15. The molecule has 0 amide bonds. The Morgan fingerprint density at radius 1 is 0.966 bits per heavy atom. The molecular weight excluding hydrogens is 358 g/mol. The van der Waals surface area contributed by atoms with Gasteiger partial charge in [0.05, 0.1) is 12.8 Å². The van der Waals surface area contributed by atoms with Crippen LogP contribution in [0.1, 0.15) is 44.9 Å². The van der Waals surface area contributed by atoms with E-state index in [2.05, 4.69) is 90.1 Å². The molecule has 4 heteroatoms. The zero-order valence-corrected chi connectivity index (χ0v) is 18.6. The molecule has 1 aliphatic heterocycles. The minimum Gasteiger partial charge on any atom is -0.494 e. The van der Waals surface area contributed by atoms with Crippen LogP contribution >= 0.6 is 0 Å². The molecule has 2 aromatic rings. The van der Waals surface area contributed by atoms with E-state index in [-0.39, 0.29) is 0 Å². The zero-order valence-electron chi connectivity index (χ0n) is 18.6. The summed E-state index contributed by atoms with van der Waals surface area (Å²) in [5.41, 5.74) is 2.77. The van der Waals surface area contributed by atoms with Gasteiger partial charge >= 0.3 is 0 Å². The van der Waals surface area contributed by atoms with Crippen molar-refractivity contribution in [2.45, 2.75) is 46.4 Å². The third-order valence-corrected chi connectivity index (χ3v) is 6.15. The second kappa shape index (κ2) is 10.8. The third kappa shape index (κ3) is 5.59. The molecule has 2 aromatic carbocycles. The van der Waals surface area contributed by atoms with E-state index < -0.39 is 0 Å². The summed E-state index contributed by atoms with van der Waals surface area (Å²) < 4.78 is 5.58. The van der Waals surface area contributed by atoms with Gasteiger partial charge in [0.25, 0.3) is 0 Å². The SMILES string of the molecule is CCOc1ccc(CN2CCN(C(C)N(CC)CC)C(c3ccccc3)C2)cc1. The fourth-order valence-corrected chi connectivity index (χ4v) is 4.49. The molecule has 29 heavy (non-hydrogen) atoms. The predicted octanol–water partition coefficient (Wildman–Crippen LogP) is 4.63. The Morgan fingerprint density at radius 3 is 2.28 bits per heavy atom. The monoisotopic (exact) mass is 395 g/mol. The Kier molecular flexibility index (Phi) is 8.10. The van der Waals surface area contributed by atoms with Crippen molar-refractivity contribution in [1.29, 1.82) is 0 Å². The number of nitrogens with zero attached hydrogens (tertiary/aromatic N) is 3. The molecule has 0 saturated carbocycles. The lowest BCUT2D eigenvalue weighted by molar-refractivity contribution is -0.0211. The van der Waals surface area contributed by atoms with Crippen molar-refractivity contribution in [2.24, 2.45) is 0 Å². The second-order valence-electron chi connectivity index (χ2n) is 7.83. The molecule has 2 unspecified atom stereocenters. The lowest BCUT2D eigenvalue weighted by atomic mass is 10.0. The quantitative estimate of drug-likeness (QED) is 0.616. The summed E-state index contributed by atoms with van der Waals surface area (Å²) in [4.78, 5) is 7.84. The number of piperazine rings is 1. The largest absolute Gasteiger partial charge is 0.494 e. The molecule has 0 N–H and O–H groups in total. The highest BCUT2D eigenvalue weighted by atomic mass is 16.5. The lowest BCUT2D eigenvalue weighted by Crippen LogP contribution is -2.55. The smallest absolute Gasteiger partial charge is 0.119 e. The van der Waals surface area contributed by atoms with Gasteiger partial charge in [0.2, 0.25) is 0 Å². The van der Waals surface area contributed by atoms with Crippen molar-refractivity contribution in [3.8, 4) is 5.75 Å². The molecule has 4 nitrogen and oxygen atoms in total. The van der Waals surface area contributed by atoms with E-state index in [0.29, 0.717) is 18.8 Å². The molecule has 1 aliphatic rings. The van der Waals surface area contributed by atoms with Crippen molar-refractivity contribution in [3.63, 3.8) is 0 Å². The molecule has 2 atom stereocenters. The predicted molar refractivity (Wildman–Crippen MR) is 121 cm³/mol. The first-order valence-electron chi connectivity index (χ1n) is 11.1. The number of ether oxygens (including phenoxy) is 1. The topological polar surface area (TPSA) is 19.0 Å². The average molecular weight is 396 g/mol. The van der Waals surface area contributed by atoms with Crippen LogP contribution in [0.25, 0.3) is 0 Å². The Labute approximate surface area is 177 Å². The van der Waals surface area contributed by atoms with Gasteiger partial charge in [0.1, 0.15) is 5.75 Å². The van der Waals surface area contributed by atoms with E-state index in [0.717, 1.165) is 45.0 Å². The highest BCUT2D eigenvalue weighted by molar-refractivity contribution is 5.27.